The molecule has 0 aliphatic rings. The van der Waals surface area contributed by atoms with Crippen LogP contribution in [0.1, 0.15) is 0 Å². The number of nitrogens with zero attached hydrogens (tertiary/aromatic N) is 1. The van der Waals surface area contributed by atoms with Gasteiger partial charge in [0.1, 0.15) is 0 Å². The zero-order valence-electron chi connectivity index (χ0n) is 7.71. The van der Waals surface area contributed by atoms with Crippen LogP contribution in [0.5, 0.6) is 0 Å². The van der Waals surface area contributed by atoms with Crippen molar-refractivity contribution in [3.63, 3.8) is 0 Å². The number of rotatable bonds is 3. The molecule has 2 rings (SSSR count). The van der Waals surface area contributed by atoms with Gasteiger partial charge in [-0.3, -0.25) is 4.79 Å². The zero-order chi connectivity index (χ0) is 10.7. The fourth-order valence-corrected chi connectivity index (χ4v) is 2.08. The van der Waals surface area contributed by atoms with Gasteiger partial charge in [-0.2, -0.15) is 4.73 Å². The van der Waals surface area contributed by atoms with Crippen LogP contribution in [0.2, 0.25) is 0 Å². The van der Waals surface area contributed by atoms with Crippen molar-refractivity contribution in [3.05, 3.63) is 41.0 Å². The van der Waals surface area contributed by atoms with Crippen molar-refractivity contribution < 1.29 is 9.52 Å². The minimum Gasteiger partial charge on any atom is -0.618 e. The van der Waals surface area contributed by atoms with Crippen LogP contribution in [0.3, 0.4) is 0 Å². The Morgan fingerprint density at radius 1 is 1.40 bits per heavy atom. The van der Waals surface area contributed by atoms with Gasteiger partial charge in [0.2, 0.25) is 6.41 Å². The molecule has 0 atom stereocenters. The van der Waals surface area contributed by atoms with E-state index in [1.807, 2.05) is 6.07 Å². The second-order valence-corrected chi connectivity index (χ2v) is 3.74. The van der Waals surface area contributed by atoms with Crippen LogP contribution in [-0.4, -0.2) is 6.41 Å². The number of para-hydroxylation sites is 1. The molecular formula is C10H8N2O2S. The molecule has 15 heavy (non-hydrogen) atoms. The van der Waals surface area contributed by atoms with E-state index >= 15 is 0 Å². The number of hydrogen-bond donors (Lipinski definition) is 1. The number of carbonyl (C=O) groups excluding carboxylic acids is 1. The Kier molecular flexibility index (Phi) is 2.64. The number of thiazole rings is 1. The van der Waals surface area contributed by atoms with E-state index in [0.29, 0.717) is 17.1 Å². The van der Waals surface area contributed by atoms with Crippen molar-refractivity contribution in [2.24, 2.45) is 0 Å². The Bertz CT molecular complexity index is 482. The maximum atomic E-state index is 11.4. The number of aromatic nitrogens is 1. The number of hydrogen-bond acceptors (Lipinski definition) is 3. The van der Waals surface area contributed by atoms with E-state index < -0.39 is 0 Å². The zero-order valence-corrected chi connectivity index (χ0v) is 8.53. The summed E-state index contributed by atoms with van der Waals surface area (Å²) in [5.74, 6) is 0. The molecule has 1 amide bonds. The van der Waals surface area contributed by atoms with E-state index in [-0.39, 0.29) is 0 Å². The van der Waals surface area contributed by atoms with Gasteiger partial charge in [-0.05, 0) is 12.1 Å². The molecule has 1 N–H and O–H groups in total. The molecule has 0 bridgehead atoms. The highest BCUT2D eigenvalue weighted by molar-refractivity contribution is 7.12. The first-order valence-electron chi connectivity index (χ1n) is 4.29. The van der Waals surface area contributed by atoms with Crippen LogP contribution in [0, 0.1) is 5.21 Å². The quantitative estimate of drug-likeness (QED) is 0.485. The number of anilines is 1. The summed E-state index contributed by atoms with van der Waals surface area (Å²) in [6, 6.07) is 7.18. The van der Waals surface area contributed by atoms with Crippen molar-refractivity contribution in [1.82, 2.24) is 0 Å². The summed E-state index contributed by atoms with van der Waals surface area (Å²) in [5.41, 5.74) is 1.37. The molecule has 0 fully saturated rings. The van der Waals surface area contributed by atoms with Crippen LogP contribution in [0.15, 0.2) is 35.8 Å². The van der Waals surface area contributed by atoms with Crippen molar-refractivity contribution in [3.8, 4) is 10.6 Å². The van der Waals surface area contributed by atoms with E-state index in [1.165, 1.54) is 17.5 Å². The van der Waals surface area contributed by atoms with Gasteiger partial charge in [0.15, 0.2) is 6.20 Å². The molecule has 0 aliphatic heterocycles. The van der Waals surface area contributed by atoms with Gasteiger partial charge in [0.25, 0.3) is 5.01 Å². The summed E-state index contributed by atoms with van der Waals surface area (Å²) in [7, 11) is 0. The summed E-state index contributed by atoms with van der Waals surface area (Å²) < 4.78 is 0.788. The molecule has 1 heterocycles. The Labute approximate surface area is 90.4 Å². The molecule has 76 valence electrons. The summed E-state index contributed by atoms with van der Waals surface area (Å²) in [6.07, 6.45) is 2.04. The lowest BCUT2D eigenvalue weighted by Crippen LogP contribution is -2.24. The molecule has 0 aliphatic carbocycles. The smallest absolute Gasteiger partial charge is 0.282 e. The van der Waals surface area contributed by atoms with Crippen LogP contribution < -0.4 is 10.0 Å². The minimum absolute atomic E-state index is 0.569. The average molecular weight is 220 g/mol. The first-order chi connectivity index (χ1) is 7.33. The van der Waals surface area contributed by atoms with Crippen LogP contribution in [-0.2, 0) is 4.79 Å². The minimum atomic E-state index is 0.569. The van der Waals surface area contributed by atoms with Crippen molar-refractivity contribution in [1.29, 1.82) is 0 Å². The third-order valence-corrected chi connectivity index (χ3v) is 2.83. The number of carbonyl (C=O) groups is 1. The third-order valence-electron chi connectivity index (χ3n) is 1.95. The highest BCUT2D eigenvalue weighted by Crippen LogP contribution is 2.27. The second-order valence-electron chi connectivity index (χ2n) is 2.84. The highest BCUT2D eigenvalue weighted by atomic mass is 32.1. The Morgan fingerprint density at radius 2 is 2.20 bits per heavy atom. The van der Waals surface area contributed by atoms with Crippen LogP contribution in [0.4, 0.5) is 5.69 Å². The molecule has 0 spiro atoms. The molecule has 1 aromatic heterocycles. The SMILES string of the molecule is O=CNc1ccccc1-c1scc[n+]1[O-]. The maximum absolute atomic E-state index is 11.4. The van der Waals surface area contributed by atoms with Gasteiger partial charge < -0.3 is 10.5 Å². The summed E-state index contributed by atoms with van der Waals surface area (Å²) in [6.45, 7) is 0. The van der Waals surface area contributed by atoms with Gasteiger partial charge >= 0.3 is 0 Å². The Hall–Kier alpha value is -1.88. The number of amides is 1. The predicted molar refractivity (Wildman–Crippen MR) is 58.4 cm³/mol. The van der Waals surface area contributed by atoms with Gasteiger partial charge in [-0.25, -0.2) is 0 Å². The lowest BCUT2D eigenvalue weighted by molar-refractivity contribution is -0.588. The highest BCUT2D eigenvalue weighted by Gasteiger charge is 2.13. The molecule has 4 nitrogen and oxygen atoms in total. The van der Waals surface area contributed by atoms with E-state index in [1.54, 1.807) is 23.6 Å². The lowest BCUT2D eigenvalue weighted by Gasteiger charge is -2.04. The largest absolute Gasteiger partial charge is 0.618 e. The van der Waals surface area contributed by atoms with Gasteiger partial charge in [0, 0.05) is 0 Å². The van der Waals surface area contributed by atoms with E-state index in [9.17, 15) is 10.0 Å². The fourth-order valence-electron chi connectivity index (χ4n) is 1.31. The summed E-state index contributed by atoms with van der Waals surface area (Å²) in [4.78, 5) is 10.4. The Balaban J connectivity index is 2.52. The maximum Gasteiger partial charge on any atom is 0.282 e. The van der Waals surface area contributed by atoms with Gasteiger partial charge in [0.05, 0.1) is 16.6 Å². The van der Waals surface area contributed by atoms with Crippen molar-refractivity contribution in [2.45, 2.75) is 0 Å². The molecule has 0 radical (unpaired) electrons. The van der Waals surface area contributed by atoms with Crippen molar-refractivity contribution >= 4 is 23.4 Å². The normalized spacial score (nSPS) is 9.87. The lowest BCUT2D eigenvalue weighted by atomic mass is 10.2. The molecular weight excluding hydrogens is 212 g/mol. The second kappa shape index (κ2) is 4.10. The topological polar surface area (TPSA) is 56.0 Å². The van der Waals surface area contributed by atoms with E-state index in [4.69, 9.17) is 0 Å². The van der Waals surface area contributed by atoms with E-state index in [0.717, 1.165) is 10.3 Å². The number of benzene rings is 1. The fraction of sp³-hybridized carbons (Fsp3) is 0. The predicted octanol–water partition coefficient (Wildman–Crippen LogP) is 1.62. The molecule has 1 aromatic carbocycles. The van der Waals surface area contributed by atoms with Crippen LogP contribution >= 0.6 is 11.3 Å². The summed E-state index contributed by atoms with van der Waals surface area (Å²) >= 11 is 1.34. The molecule has 5 heteroatoms. The first kappa shape index (κ1) is 9.67. The van der Waals surface area contributed by atoms with Crippen molar-refractivity contribution in [2.75, 3.05) is 5.32 Å². The number of nitrogens with one attached hydrogen (secondary N) is 1. The summed E-state index contributed by atoms with van der Waals surface area (Å²) in [5, 5.41) is 16.2. The standard InChI is InChI=1S/C10H8N2O2S/c13-7-11-9-4-2-1-3-8(9)10-12(14)5-6-15-10/h1-7H,(H,11,13). The van der Waals surface area contributed by atoms with Gasteiger partial charge in [-0.1, -0.05) is 23.5 Å². The van der Waals surface area contributed by atoms with Crippen LogP contribution in [0.25, 0.3) is 10.6 Å². The van der Waals surface area contributed by atoms with Gasteiger partial charge in [-0.15, -0.1) is 0 Å². The molecule has 0 saturated heterocycles. The average Bonchev–Trinajstić information content (AvgIpc) is 2.66. The first-order valence-corrected chi connectivity index (χ1v) is 5.17. The monoisotopic (exact) mass is 220 g/mol. The Morgan fingerprint density at radius 3 is 2.87 bits per heavy atom. The molecule has 0 unspecified atom stereocenters. The molecule has 0 saturated carbocycles. The molecule has 2 aromatic rings. The van der Waals surface area contributed by atoms with E-state index in [2.05, 4.69) is 5.32 Å². The third kappa shape index (κ3) is 1.82.